The molecular weight excluding hydrogens is 310 g/mol. The van der Waals surface area contributed by atoms with Crippen molar-refractivity contribution in [1.29, 1.82) is 0 Å². The summed E-state index contributed by atoms with van der Waals surface area (Å²) >= 11 is 1.25. The molecule has 1 aromatic rings. The predicted molar refractivity (Wildman–Crippen MR) is 81.7 cm³/mol. The number of thioether (sulfide) groups is 1. The fraction of sp³-hybridized carbons (Fsp3) is 0.231. The van der Waals surface area contributed by atoms with Crippen LogP contribution < -0.4 is 5.32 Å². The number of hydrogen-bond donors (Lipinski definition) is 3. The van der Waals surface area contributed by atoms with Crippen molar-refractivity contribution in [1.82, 2.24) is 5.32 Å². The molecular formula is C13H13N3O5S. The standard InChI is InChI=1S/C13H13N3O5S/c1-22-13-14-9(6-17)10(12(18)19)11(15-13)7-3-2-4-8(5-7)16(20)21/h2-5,11,17H,6H2,1H3,(H,14,15)(H,18,19). The van der Waals surface area contributed by atoms with Gasteiger partial charge in [-0.25, -0.2) is 9.79 Å². The second kappa shape index (κ2) is 6.58. The van der Waals surface area contributed by atoms with E-state index in [1.165, 1.54) is 30.0 Å². The number of nitrogens with zero attached hydrogens (tertiary/aromatic N) is 2. The number of carbonyl (C=O) groups is 1. The summed E-state index contributed by atoms with van der Waals surface area (Å²) in [4.78, 5) is 26.1. The Morgan fingerprint density at radius 1 is 1.55 bits per heavy atom. The lowest BCUT2D eigenvalue weighted by Crippen LogP contribution is -2.32. The van der Waals surface area contributed by atoms with Crippen molar-refractivity contribution in [2.75, 3.05) is 12.9 Å². The third-order valence-corrected chi connectivity index (χ3v) is 3.68. The van der Waals surface area contributed by atoms with E-state index in [0.29, 0.717) is 10.7 Å². The zero-order valence-corrected chi connectivity index (χ0v) is 12.3. The minimum atomic E-state index is -1.24. The van der Waals surface area contributed by atoms with Gasteiger partial charge in [-0.2, -0.15) is 0 Å². The van der Waals surface area contributed by atoms with E-state index in [9.17, 15) is 25.1 Å². The van der Waals surface area contributed by atoms with Crippen molar-refractivity contribution in [3.05, 3.63) is 51.2 Å². The van der Waals surface area contributed by atoms with E-state index in [2.05, 4.69) is 10.3 Å². The number of nitro groups is 1. The van der Waals surface area contributed by atoms with Crippen LogP contribution in [0.15, 0.2) is 40.5 Å². The van der Waals surface area contributed by atoms with Crippen molar-refractivity contribution in [2.24, 2.45) is 4.99 Å². The topological polar surface area (TPSA) is 125 Å². The van der Waals surface area contributed by atoms with E-state index in [1.54, 1.807) is 12.3 Å². The van der Waals surface area contributed by atoms with E-state index in [0.717, 1.165) is 0 Å². The first-order valence-electron chi connectivity index (χ1n) is 6.18. The zero-order valence-electron chi connectivity index (χ0n) is 11.5. The summed E-state index contributed by atoms with van der Waals surface area (Å²) in [5, 5.41) is 32.8. The molecule has 9 heteroatoms. The highest BCUT2D eigenvalue weighted by Crippen LogP contribution is 2.33. The molecule has 0 aliphatic carbocycles. The monoisotopic (exact) mass is 323 g/mol. The van der Waals surface area contributed by atoms with Crippen LogP contribution in [-0.2, 0) is 4.79 Å². The second-order valence-corrected chi connectivity index (χ2v) is 5.17. The molecule has 1 atom stereocenters. The lowest BCUT2D eigenvalue weighted by molar-refractivity contribution is -0.384. The van der Waals surface area contributed by atoms with Gasteiger partial charge in [-0.3, -0.25) is 10.1 Å². The highest BCUT2D eigenvalue weighted by Gasteiger charge is 2.31. The Bertz CT molecular complexity index is 686. The van der Waals surface area contributed by atoms with Gasteiger partial charge in [0.05, 0.1) is 22.8 Å². The van der Waals surface area contributed by atoms with E-state index < -0.39 is 23.5 Å². The molecule has 1 aliphatic heterocycles. The van der Waals surface area contributed by atoms with Gasteiger partial charge in [0, 0.05) is 12.1 Å². The Morgan fingerprint density at radius 3 is 2.82 bits per heavy atom. The van der Waals surface area contributed by atoms with Gasteiger partial charge in [0.2, 0.25) is 0 Å². The number of aliphatic imine (C=N–C) groups is 1. The summed E-state index contributed by atoms with van der Waals surface area (Å²) < 4.78 is 0. The third kappa shape index (κ3) is 3.10. The number of carboxylic acid groups (broad SMARTS) is 1. The minimum absolute atomic E-state index is 0.124. The molecule has 0 bridgehead atoms. The minimum Gasteiger partial charge on any atom is -0.478 e. The van der Waals surface area contributed by atoms with E-state index >= 15 is 0 Å². The zero-order chi connectivity index (χ0) is 16.3. The number of carboxylic acids is 1. The molecule has 0 spiro atoms. The average molecular weight is 323 g/mol. The number of aliphatic carboxylic acids is 1. The highest BCUT2D eigenvalue weighted by molar-refractivity contribution is 8.13. The number of amidine groups is 1. The van der Waals surface area contributed by atoms with Gasteiger partial charge in [-0.15, -0.1) is 0 Å². The van der Waals surface area contributed by atoms with Crippen LogP contribution in [0.3, 0.4) is 0 Å². The maximum Gasteiger partial charge on any atom is 0.335 e. The molecule has 0 amide bonds. The number of aliphatic hydroxyl groups is 1. The van der Waals surface area contributed by atoms with Crippen molar-refractivity contribution in [3.63, 3.8) is 0 Å². The SMILES string of the molecule is CSC1=NC(c2cccc([N+](=O)[O-])c2)C(C(=O)O)=C(CO)N1. The van der Waals surface area contributed by atoms with Crippen LogP contribution in [0.2, 0.25) is 0 Å². The molecule has 0 fully saturated rings. The van der Waals surface area contributed by atoms with Crippen molar-refractivity contribution in [3.8, 4) is 0 Å². The molecule has 1 aliphatic rings. The van der Waals surface area contributed by atoms with Crippen LogP contribution in [0.1, 0.15) is 11.6 Å². The molecule has 1 aromatic carbocycles. The van der Waals surface area contributed by atoms with Crippen LogP contribution in [-0.4, -0.2) is 39.1 Å². The van der Waals surface area contributed by atoms with Crippen molar-refractivity contribution >= 4 is 28.6 Å². The Balaban J connectivity index is 2.57. The molecule has 116 valence electrons. The van der Waals surface area contributed by atoms with Gasteiger partial charge in [-0.1, -0.05) is 23.9 Å². The predicted octanol–water partition coefficient (Wildman–Crippen LogP) is 1.29. The van der Waals surface area contributed by atoms with Gasteiger partial charge in [0.15, 0.2) is 5.17 Å². The normalized spacial score (nSPS) is 17.7. The van der Waals surface area contributed by atoms with Crippen LogP contribution in [0.5, 0.6) is 0 Å². The second-order valence-electron chi connectivity index (χ2n) is 4.37. The molecule has 0 aromatic heterocycles. The summed E-state index contributed by atoms with van der Waals surface area (Å²) in [5.74, 6) is -1.24. The Hall–Kier alpha value is -2.39. The Morgan fingerprint density at radius 2 is 2.27 bits per heavy atom. The third-order valence-electron chi connectivity index (χ3n) is 3.08. The van der Waals surface area contributed by atoms with Crippen LogP contribution in [0, 0.1) is 10.1 Å². The number of nitrogens with one attached hydrogen (secondary N) is 1. The van der Waals surface area contributed by atoms with E-state index in [1.807, 2.05) is 0 Å². The summed E-state index contributed by atoms with van der Waals surface area (Å²) in [6.45, 7) is -0.493. The number of hydrogen-bond acceptors (Lipinski definition) is 7. The summed E-state index contributed by atoms with van der Waals surface area (Å²) in [5.41, 5.74) is 0.238. The molecule has 1 heterocycles. The molecule has 22 heavy (non-hydrogen) atoms. The quantitative estimate of drug-likeness (QED) is 0.563. The summed E-state index contributed by atoms with van der Waals surface area (Å²) in [6.07, 6.45) is 1.75. The van der Waals surface area contributed by atoms with Gasteiger partial charge in [-0.05, 0) is 11.8 Å². The van der Waals surface area contributed by atoms with Crippen LogP contribution >= 0.6 is 11.8 Å². The highest BCUT2D eigenvalue weighted by atomic mass is 32.2. The molecule has 0 saturated heterocycles. The first-order chi connectivity index (χ1) is 10.5. The number of benzene rings is 1. The van der Waals surface area contributed by atoms with E-state index in [4.69, 9.17) is 0 Å². The average Bonchev–Trinajstić information content (AvgIpc) is 2.53. The number of non-ortho nitro benzene ring substituents is 1. The number of nitro benzene ring substituents is 1. The largest absolute Gasteiger partial charge is 0.478 e. The van der Waals surface area contributed by atoms with Crippen molar-refractivity contribution in [2.45, 2.75) is 6.04 Å². The van der Waals surface area contributed by atoms with Gasteiger partial charge < -0.3 is 15.5 Å². The lowest BCUT2D eigenvalue weighted by atomic mass is 9.96. The molecule has 8 nitrogen and oxygen atoms in total. The Kier molecular flexibility index (Phi) is 4.78. The number of rotatable bonds is 4. The molecule has 1 unspecified atom stereocenters. The summed E-state index contributed by atoms with van der Waals surface area (Å²) in [6, 6.07) is 4.74. The fourth-order valence-corrected chi connectivity index (χ4v) is 2.54. The maximum atomic E-state index is 11.5. The van der Waals surface area contributed by atoms with Gasteiger partial charge in [0.25, 0.3) is 5.69 Å². The van der Waals surface area contributed by atoms with Gasteiger partial charge in [0.1, 0.15) is 6.04 Å². The molecule has 2 rings (SSSR count). The lowest BCUT2D eigenvalue weighted by Gasteiger charge is -2.24. The summed E-state index contributed by atoms with van der Waals surface area (Å²) in [7, 11) is 0. The maximum absolute atomic E-state index is 11.5. The van der Waals surface area contributed by atoms with Crippen molar-refractivity contribution < 1.29 is 19.9 Å². The van der Waals surface area contributed by atoms with Crippen LogP contribution in [0.25, 0.3) is 0 Å². The van der Waals surface area contributed by atoms with Crippen LogP contribution in [0.4, 0.5) is 5.69 Å². The first kappa shape index (κ1) is 16.0. The fourth-order valence-electron chi connectivity index (χ4n) is 2.10. The molecule has 0 radical (unpaired) electrons. The molecule has 0 saturated carbocycles. The van der Waals surface area contributed by atoms with Gasteiger partial charge >= 0.3 is 5.97 Å². The molecule has 3 N–H and O–H groups in total. The Labute approximate surface area is 129 Å². The van der Waals surface area contributed by atoms with E-state index in [-0.39, 0.29) is 17.0 Å². The number of aliphatic hydroxyl groups excluding tert-OH is 1. The first-order valence-corrected chi connectivity index (χ1v) is 7.40. The smallest absolute Gasteiger partial charge is 0.335 e.